The molecule has 1 aliphatic carbocycles. The summed E-state index contributed by atoms with van der Waals surface area (Å²) in [6, 6.07) is 11.6. The van der Waals surface area contributed by atoms with Crippen LogP contribution in [0, 0.1) is 0 Å². The quantitative estimate of drug-likeness (QED) is 0.784. The fourth-order valence-corrected chi connectivity index (χ4v) is 3.30. The molecule has 0 spiro atoms. The number of benzene rings is 2. The summed E-state index contributed by atoms with van der Waals surface area (Å²) in [5.41, 5.74) is 1.02. The molecule has 148 valence electrons. The van der Waals surface area contributed by atoms with Crippen LogP contribution in [0.25, 0.3) is 0 Å². The van der Waals surface area contributed by atoms with Gasteiger partial charge in [0.05, 0.1) is 17.2 Å². The lowest BCUT2D eigenvalue weighted by molar-refractivity contribution is -0.137. The standard InChI is InChI=1S/C21H20F3NO3/c1-13(28-20(27)15-8-4-9-16(12-15)21(22,23)24)19(26)25-18-11-5-7-14-6-2-3-10-17(14)18/h2-4,6,8-10,12-13,18H,5,7,11H2,1H3,(H,25,26)/t13-,18-/m1/s1. The van der Waals surface area contributed by atoms with Crippen molar-refractivity contribution in [3.63, 3.8) is 0 Å². The molecule has 0 saturated carbocycles. The molecule has 28 heavy (non-hydrogen) atoms. The van der Waals surface area contributed by atoms with Crippen LogP contribution < -0.4 is 5.32 Å². The molecule has 7 heteroatoms. The molecule has 2 aromatic carbocycles. The van der Waals surface area contributed by atoms with Gasteiger partial charge in [0, 0.05) is 0 Å². The van der Waals surface area contributed by atoms with E-state index >= 15 is 0 Å². The number of hydrogen-bond donors (Lipinski definition) is 1. The fraction of sp³-hybridized carbons (Fsp3) is 0.333. The molecule has 0 heterocycles. The molecule has 0 bridgehead atoms. The summed E-state index contributed by atoms with van der Waals surface area (Å²) >= 11 is 0. The van der Waals surface area contributed by atoms with Crippen LogP contribution in [0.1, 0.15) is 52.9 Å². The van der Waals surface area contributed by atoms with Crippen molar-refractivity contribution in [2.45, 2.75) is 44.5 Å². The molecule has 0 fully saturated rings. The SMILES string of the molecule is C[C@@H](OC(=O)c1cccc(C(F)(F)F)c1)C(=O)N[C@@H]1CCCc2ccccc21. The lowest BCUT2D eigenvalue weighted by Crippen LogP contribution is -2.39. The van der Waals surface area contributed by atoms with E-state index in [2.05, 4.69) is 5.32 Å². The van der Waals surface area contributed by atoms with Crippen molar-refractivity contribution in [1.82, 2.24) is 5.32 Å². The molecule has 0 saturated heterocycles. The number of alkyl halides is 3. The average molecular weight is 391 g/mol. The largest absolute Gasteiger partial charge is 0.449 e. The predicted octanol–water partition coefficient (Wildman–Crippen LogP) is 4.44. The summed E-state index contributed by atoms with van der Waals surface area (Å²) < 4.78 is 43.4. The summed E-state index contributed by atoms with van der Waals surface area (Å²) in [7, 11) is 0. The van der Waals surface area contributed by atoms with Crippen molar-refractivity contribution in [1.29, 1.82) is 0 Å². The van der Waals surface area contributed by atoms with Crippen molar-refractivity contribution in [2.24, 2.45) is 0 Å². The number of ether oxygens (including phenoxy) is 1. The van der Waals surface area contributed by atoms with Crippen LogP contribution in [0.5, 0.6) is 0 Å². The summed E-state index contributed by atoms with van der Waals surface area (Å²) in [6.07, 6.45) is -3.04. The summed E-state index contributed by atoms with van der Waals surface area (Å²) in [5.74, 6) is -1.46. The van der Waals surface area contributed by atoms with E-state index in [1.165, 1.54) is 18.6 Å². The highest BCUT2D eigenvalue weighted by Gasteiger charge is 2.31. The summed E-state index contributed by atoms with van der Waals surface area (Å²) in [4.78, 5) is 24.6. The number of amides is 1. The Morgan fingerprint density at radius 3 is 2.64 bits per heavy atom. The average Bonchev–Trinajstić information content (AvgIpc) is 2.67. The third kappa shape index (κ3) is 4.52. The monoisotopic (exact) mass is 391 g/mol. The fourth-order valence-electron chi connectivity index (χ4n) is 3.30. The first-order chi connectivity index (χ1) is 13.3. The lowest BCUT2D eigenvalue weighted by atomic mass is 9.87. The molecule has 1 amide bonds. The Morgan fingerprint density at radius 1 is 1.14 bits per heavy atom. The van der Waals surface area contributed by atoms with E-state index in [1.807, 2.05) is 24.3 Å². The first kappa shape index (κ1) is 19.9. The number of fused-ring (bicyclic) bond motifs is 1. The van der Waals surface area contributed by atoms with E-state index in [-0.39, 0.29) is 11.6 Å². The molecule has 0 aliphatic heterocycles. The molecule has 0 radical (unpaired) electrons. The van der Waals surface area contributed by atoms with Crippen molar-refractivity contribution in [3.8, 4) is 0 Å². The van der Waals surface area contributed by atoms with Crippen molar-refractivity contribution < 1.29 is 27.5 Å². The molecule has 2 atom stereocenters. The molecule has 3 rings (SSSR count). The first-order valence-corrected chi connectivity index (χ1v) is 9.02. The number of nitrogens with one attached hydrogen (secondary N) is 1. The van der Waals surface area contributed by atoms with E-state index in [0.29, 0.717) is 6.07 Å². The van der Waals surface area contributed by atoms with Crippen molar-refractivity contribution in [3.05, 3.63) is 70.8 Å². The molecule has 2 aromatic rings. The van der Waals surface area contributed by atoms with Crippen LogP contribution >= 0.6 is 0 Å². The highest BCUT2D eigenvalue weighted by Crippen LogP contribution is 2.30. The van der Waals surface area contributed by atoms with Gasteiger partial charge in [-0.05, 0) is 55.5 Å². The summed E-state index contributed by atoms with van der Waals surface area (Å²) in [6.45, 7) is 1.40. The zero-order valence-electron chi connectivity index (χ0n) is 15.3. The van der Waals surface area contributed by atoms with E-state index in [0.717, 1.165) is 37.0 Å². The second-order valence-electron chi connectivity index (χ2n) is 6.78. The Labute approximate surface area is 160 Å². The number of hydrogen-bond acceptors (Lipinski definition) is 3. The molecular weight excluding hydrogens is 371 g/mol. The molecule has 0 aromatic heterocycles. The molecule has 1 N–H and O–H groups in total. The minimum atomic E-state index is -4.56. The Morgan fingerprint density at radius 2 is 1.89 bits per heavy atom. The first-order valence-electron chi connectivity index (χ1n) is 9.02. The van der Waals surface area contributed by atoms with Gasteiger partial charge in [-0.2, -0.15) is 13.2 Å². The number of esters is 1. The normalized spacial score (nSPS) is 17.4. The Kier molecular flexibility index (Phi) is 5.72. The maximum atomic E-state index is 12.8. The number of carbonyl (C=O) groups is 2. The maximum Gasteiger partial charge on any atom is 0.416 e. The third-order valence-corrected chi connectivity index (χ3v) is 4.76. The Balaban J connectivity index is 1.64. The smallest absolute Gasteiger partial charge is 0.416 e. The summed E-state index contributed by atoms with van der Waals surface area (Å²) in [5, 5.41) is 2.87. The Hall–Kier alpha value is -2.83. The Bertz CT molecular complexity index is 879. The number of aryl methyl sites for hydroxylation is 1. The molecular formula is C21H20F3NO3. The number of carbonyl (C=O) groups excluding carboxylic acids is 2. The second kappa shape index (κ2) is 8.04. The van der Waals surface area contributed by atoms with E-state index in [4.69, 9.17) is 4.74 Å². The van der Waals surface area contributed by atoms with Gasteiger partial charge in [-0.1, -0.05) is 30.3 Å². The minimum absolute atomic E-state index is 0.174. The van der Waals surface area contributed by atoms with Gasteiger partial charge in [0.1, 0.15) is 0 Å². The van der Waals surface area contributed by atoms with Gasteiger partial charge in [-0.25, -0.2) is 4.79 Å². The zero-order chi connectivity index (χ0) is 20.3. The van der Waals surface area contributed by atoms with E-state index in [1.54, 1.807) is 0 Å². The second-order valence-corrected chi connectivity index (χ2v) is 6.78. The van der Waals surface area contributed by atoms with Crippen LogP contribution in [0.3, 0.4) is 0 Å². The van der Waals surface area contributed by atoms with Gasteiger partial charge in [0.25, 0.3) is 5.91 Å². The van der Waals surface area contributed by atoms with Gasteiger partial charge in [0.15, 0.2) is 6.10 Å². The minimum Gasteiger partial charge on any atom is -0.449 e. The van der Waals surface area contributed by atoms with Gasteiger partial charge in [-0.15, -0.1) is 0 Å². The van der Waals surface area contributed by atoms with E-state index < -0.39 is 29.7 Å². The van der Waals surface area contributed by atoms with Crippen LogP contribution in [0.4, 0.5) is 13.2 Å². The van der Waals surface area contributed by atoms with Crippen LogP contribution in [-0.2, 0) is 22.1 Å². The maximum absolute atomic E-state index is 12.8. The van der Waals surface area contributed by atoms with E-state index in [9.17, 15) is 22.8 Å². The van der Waals surface area contributed by atoms with Crippen molar-refractivity contribution in [2.75, 3.05) is 0 Å². The topological polar surface area (TPSA) is 55.4 Å². The number of halogens is 3. The predicted molar refractivity (Wildman–Crippen MR) is 96.6 cm³/mol. The van der Waals surface area contributed by atoms with Crippen LogP contribution in [0.15, 0.2) is 48.5 Å². The van der Waals surface area contributed by atoms with Crippen LogP contribution in [-0.4, -0.2) is 18.0 Å². The van der Waals surface area contributed by atoms with Crippen molar-refractivity contribution >= 4 is 11.9 Å². The zero-order valence-corrected chi connectivity index (χ0v) is 15.3. The molecule has 4 nitrogen and oxygen atoms in total. The molecule has 0 unspecified atom stereocenters. The number of rotatable bonds is 4. The van der Waals surface area contributed by atoms with Gasteiger partial charge in [0.2, 0.25) is 0 Å². The van der Waals surface area contributed by atoms with Gasteiger partial charge in [-0.3, -0.25) is 4.79 Å². The molecule has 1 aliphatic rings. The third-order valence-electron chi connectivity index (χ3n) is 4.76. The highest BCUT2D eigenvalue weighted by atomic mass is 19.4. The van der Waals surface area contributed by atoms with Gasteiger partial charge < -0.3 is 10.1 Å². The van der Waals surface area contributed by atoms with Gasteiger partial charge >= 0.3 is 12.1 Å². The van der Waals surface area contributed by atoms with Crippen LogP contribution in [0.2, 0.25) is 0 Å². The lowest BCUT2D eigenvalue weighted by Gasteiger charge is -2.27. The highest BCUT2D eigenvalue weighted by molar-refractivity contribution is 5.92.